The van der Waals surface area contributed by atoms with Crippen molar-refractivity contribution in [3.8, 4) is 0 Å². The smallest absolute Gasteiger partial charge is 0.146 e. The van der Waals surface area contributed by atoms with Gasteiger partial charge in [0.15, 0.2) is 0 Å². The van der Waals surface area contributed by atoms with E-state index in [0.29, 0.717) is 18.8 Å². The molecule has 0 fully saturated rings. The molecule has 20 heavy (non-hydrogen) atoms. The number of nitrogens with one attached hydrogen (secondary N) is 1. The van der Waals surface area contributed by atoms with Gasteiger partial charge in [-0.3, -0.25) is 0 Å². The van der Waals surface area contributed by atoms with Crippen molar-refractivity contribution in [2.45, 2.75) is 20.0 Å². The third-order valence-corrected chi connectivity index (χ3v) is 3.30. The molecule has 0 aliphatic heterocycles. The first-order valence-corrected chi connectivity index (χ1v) is 6.78. The molecule has 0 bridgehead atoms. The van der Waals surface area contributed by atoms with Gasteiger partial charge in [0.1, 0.15) is 11.6 Å². The summed E-state index contributed by atoms with van der Waals surface area (Å²) in [6, 6.07) is 5.37. The van der Waals surface area contributed by atoms with Crippen LogP contribution in [-0.4, -0.2) is 23.1 Å². The van der Waals surface area contributed by atoms with Gasteiger partial charge in [-0.05, 0) is 24.2 Å². The maximum absolute atomic E-state index is 14.2. The lowest BCUT2D eigenvalue weighted by atomic mass is 10.2. The number of anilines is 1. The molecule has 4 nitrogen and oxygen atoms in total. The summed E-state index contributed by atoms with van der Waals surface area (Å²) in [5.41, 5.74) is 1.55. The summed E-state index contributed by atoms with van der Waals surface area (Å²) in [5.74, 6) is 0.709. The molecule has 0 aliphatic carbocycles. The number of halogens is 1. The molecular weight excluding hydrogens is 255 g/mol. The zero-order valence-corrected chi connectivity index (χ0v) is 12.2. The van der Waals surface area contributed by atoms with Crippen LogP contribution in [-0.2, 0) is 20.1 Å². The predicted molar refractivity (Wildman–Crippen MR) is 79.1 cm³/mol. The molecule has 0 unspecified atom stereocenters. The molecular formula is C15H21FN4. The number of aryl methyl sites for hydroxylation is 1. The van der Waals surface area contributed by atoms with Crippen LogP contribution < -0.4 is 10.2 Å². The van der Waals surface area contributed by atoms with Crippen LogP contribution in [0.15, 0.2) is 30.6 Å². The van der Waals surface area contributed by atoms with Crippen LogP contribution in [0.25, 0.3) is 0 Å². The molecule has 2 rings (SSSR count). The average molecular weight is 276 g/mol. The van der Waals surface area contributed by atoms with E-state index in [-0.39, 0.29) is 5.82 Å². The number of aromatic nitrogens is 2. The van der Waals surface area contributed by atoms with Crippen molar-refractivity contribution >= 4 is 5.69 Å². The van der Waals surface area contributed by atoms with Crippen molar-refractivity contribution in [3.05, 3.63) is 47.8 Å². The van der Waals surface area contributed by atoms with Crippen LogP contribution in [0.3, 0.4) is 0 Å². The highest BCUT2D eigenvalue weighted by molar-refractivity contribution is 5.48. The van der Waals surface area contributed by atoms with E-state index < -0.39 is 0 Å². The lowest BCUT2D eigenvalue weighted by Crippen LogP contribution is -2.20. The Balaban J connectivity index is 2.10. The standard InChI is InChI=1S/C15H21FN4/c1-4-17-10-12-5-6-14(13(16)9-12)20(3)11-15-18-7-8-19(15)2/h5-9,17H,4,10-11H2,1-3H3. The zero-order chi connectivity index (χ0) is 14.5. The Bertz CT molecular complexity index is 565. The summed E-state index contributed by atoms with van der Waals surface area (Å²) < 4.78 is 16.1. The Morgan fingerprint density at radius 2 is 2.20 bits per heavy atom. The quantitative estimate of drug-likeness (QED) is 0.879. The van der Waals surface area contributed by atoms with Gasteiger partial charge in [-0.1, -0.05) is 13.0 Å². The molecule has 0 saturated carbocycles. The van der Waals surface area contributed by atoms with Crippen LogP contribution in [0.1, 0.15) is 18.3 Å². The maximum Gasteiger partial charge on any atom is 0.146 e. The van der Waals surface area contributed by atoms with Gasteiger partial charge in [-0.15, -0.1) is 0 Å². The molecule has 5 heteroatoms. The van der Waals surface area contributed by atoms with E-state index in [9.17, 15) is 4.39 Å². The highest BCUT2D eigenvalue weighted by Crippen LogP contribution is 2.20. The molecule has 0 saturated heterocycles. The van der Waals surface area contributed by atoms with Gasteiger partial charge in [0.25, 0.3) is 0 Å². The molecule has 2 aromatic rings. The molecule has 108 valence electrons. The third kappa shape index (κ3) is 3.36. The summed E-state index contributed by atoms with van der Waals surface area (Å²) in [6.07, 6.45) is 3.64. The largest absolute Gasteiger partial charge is 0.365 e. The van der Waals surface area contributed by atoms with Crippen molar-refractivity contribution in [3.63, 3.8) is 0 Å². The molecule has 1 N–H and O–H groups in total. The molecule has 0 aliphatic rings. The van der Waals surface area contributed by atoms with Gasteiger partial charge in [0, 0.05) is 33.0 Å². The second-order valence-electron chi connectivity index (χ2n) is 4.88. The summed E-state index contributed by atoms with van der Waals surface area (Å²) >= 11 is 0. The van der Waals surface area contributed by atoms with Crippen molar-refractivity contribution in [1.82, 2.24) is 14.9 Å². The number of hydrogen-bond acceptors (Lipinski definition) is 3. The predicted octanol–water partition coefficient (Wildman–Crippen LogP) is 2.31. The SMILES string of the molecule is CCNCc1ccc(N(C)Cc2nccn2C)c(F)c1. The van der Waals surface area contributed by atoms with Gasteiger partial charge >= 0.3 is 0 Å². The molecule has 0 radical (unpaired) electrons. The van der Waals surface area contributed by atoms with E-state index in [1.54, 1.807) is 12.3 Å². The van der Waals surface area contributed by atoms with E-state index >= 15 is 0 Å². The number of imidazole rings is 1. The summed E-state index contributed by atoms with van der Waals surface area (Å²) in [7, 11) is 3.81. The van der Waals surface area contributed by atoms with Crippen LogP contribution in [0, 0.1) is 5.82 Å². The Hall–Kier alpha value is -1.88. The van der Waals surface area contributed by atoms with Crippen molar-refractivity contribution < 1.29 is 4.39 Å². The molecule has 1 heterocycles. The van der Waals surface area contributed by atoms with Crippen molar-refractivity contribution in [2.75, 3.05) is 18.5 Å². The topological polar surface area (TPSA) is 33.1 Å². The Kier molecular flexibility index (Phi) is 4.74. The minimum absolute atomic E-state index is 0.197. The monoisotopic (exact) mass is 276 g/mol. The van der Waals surface area contributed by atoms with E-state index in [4.69, 9.17) is 0 Å². The van der Waals surface area contributed by atoms with Gasteiger partial charge in [0.2, 0.25) is 0 Å². The Morgan fingerprint density at radius 1 is 1.40 bits per heavy atom. The number of benzene rings is 1. The van der Waals surface area contributed by atoms with E-state index in [1.165, 1.54) is 0 Å². The minimum atomic E-state index is -0.197. The summed E-state index contributed by atoms with van der Waals surface area (Å²) in [5, 5.41) is 3.19. The maximum atomic E-state index is 14.2. The fourth-order valence-electron chi connectivity index (χ4n) is 2.09. The minimum Gasteiger partial charge on any atom is -0.365 e. The first-order valence-electron chi connectivity index (χ1n) is 6.78. The fourth-order valence-corrected chi connectivity index (χ4v) is 2.09. The van der Waals surface area contributed by atoms with Gasteiger partial charge < -0.3 is 14.8 Å². The normalized spacial score (nSPS) is 10.8. The Morgan fingerprint density at radius 3 is 2.80 bits per heavy atom. The highest BCUT2D eigenvalue weighted by atomic mass is 19.1. The highest BCUT2D eigenvalue weighted by Gasteiger charge is 2.10. The molecule has 0 amide bonds. The van der Waals surface area contributed by atoms with Crippen LogP contribution >= 0.6 is 0 Å². The number of hydrogen-bond donors (Lipinski definition) is 1. The third-order valence-electron chi connectivity index (χ3n) is 3.30. The van der Waals surface area contributed by atoms with Gasteiger partial charge in [-0.2, -0.15) is 0 Å². The molecule has 0 atom stereocenters. The van der Waals surface area contributed by atoms with Crippen LogP contribution in [0.2, 0.25) is 0 Å². The molecule has 1 aromatic carbocycles. The Labute approximate surface area is 119 Å². The fraction of sp³-hybridized carbons (Fsp3) is 0.400. The number of nitrogens with zero attached hydrogens (tertiary/aromatic N) is 3. The van der Waals surface area contributed by atoms with Crippen molar-refractivity contribution in [2.24, 2.45) is 7.05 Å². The van der Waals surface area contributed by atoms with Crippen LogP contribution in [0.5, 0.6) is 0 Å². The van der Waals surface area contributed by atoms with Gasteiger partial charge in [-0.25, -0.2) is 9.37 Å². The summed E-state index contributed by atoms with van der Waals surface area (Å²) in [6.45, 7) is 4.18. The molecule has 1 aromatic heterocycles. The second kappa shape index (κ2) is 6.52. The zero-order valence-electron chi connectivity index (χ0n) is 12.2. The van der Waals surface area contributed by atoms with Crippen LogP contribution in [0.4, 0.5) is 10.1 Å². The first kappa shape index (κ1) is 14.5. The van der Waals surface area contributed by atoms with E-state index in [2.05, 4.69) is 10.3 Å². The molecule has 0 spiro atoms. The lowest BCUT2D eigenvalue weighted by molar-refractivity contribution is 0.614. The second-order valence-corrected chi connectivity index (χ2v) is 4.88. The average Bonchev–Trinajstić information content (AvgIpc) is 2.82. The van der Waals surface area contributed by atoms with Crippen molar-refractivity contribution in [1.29, 1.82) is 0 Å². The first-order chi connectivity index (χ1) is 9.61. The van der Waals surface area contributed by atoms with Gasteiger partial charge in [0.05, 0.1) is 12.2 Å². The summed E-state index contributed by atoms with van der Waals surface area (Å²) in [4.78, 5) is 6.13. The number of rotatable bonds is 6. The van der Waals surface area contributed by atoms with E-state index in [0.717, 1.165) is 17.9 Å². The lowest BCUT2D eigenvalue weighted by Gasteiger charge is -2.20. The van der Waals surface area contributed by atoms with E-state index in [1.807, 2.05) is 48.8 Å².